The molecule has 2 atom stereocenters. The molecule has 0 radical (unpaired) electrons. The van der Waals surface area contributed by atoms with Crippen LogP contribution in [0.3, 0.4) is 0 Å². The van der Waals surface area contributed by atoms with E-state index in [1.54, 1.807) is 4.90 Å². The van der Waals surface area contributed by atoms with Gasteiger partial charge in [-0.15, -0.1) is 0 Å². The summed E-state index contributed by atoms with van der Waals surface area (Å²) in [5, 5.41) is 2.74. The van der Waals surface area contributed by atoms with Crippen LogP contribution in [0, 0.1) is 5.92 Å². The van der Waals surface area contributed by atoms with Crippen LogP contribution in [-0.2, 0) is 6.54 Å². The SMILES string of the molecule is C[C@@H]1CCC[C@H]([NH2+]C2CC[NH+](Cc3ccccc3)CC2)C1. The van der Waals surface area contributed by atoms with E-state index >= 15 is 0 Å². The van der Waals surface area contributed by atoms with Crippen LogP contribution in [0.15, 0.2) is 30.3 Å². The second-order valence-corrected chi connectivity index (χ2v) is 7.47. The van der Waals surface area contributed by atoms with Crippen molar-refractivity contribution in [3.8, 4) is 0 Å². The van der Waals surface area contributed by atoms with E-state index in [0.29, 0.717) is 0 Å². The molecule has 3 N–H and O–H groups in total. The Bertz CT molecular complexity index is 409. The Balaban J connectivity index is 1.40. The standard InChI is InChI=1S/C19H30N2/c1-16-6-5-9-19(14-16)20-18-10-12-21(13-11-18)15-17-7-3-2-4-8-17/h2-4,7-8,16,18-20H,5-6,9-15H2,1H3/p+2/t16-,19+/m1/s1. The van der Waals surface area contributed by atoms with Crippen molar-refractivity contribution in [1.82, 2.24) is 0 Å². The Morgan fingerprint density at radius 2 is 1.76 bits per heavy atom. The Kier molecular flexibility index (Phi) is 5.32. The van der Waals surface area contributed by atoms with Crippen LogP contribution in [0.25, 0.3) is 0 Å². The van der Waals surface area contributed by atoms with Gasteiger partial charge < -0.3 is 10.2 Å². The summed E-state index contributed by atoms with van der Waals surface area (Å²) in [4.78, 5) is 1.78. The third-order valence-corrected chi connectivity index (χ3v) is 5.56. The third kappa shape index (κ3) is 4.55. The third-order valence-electron chi connectivity index (χ3n) is 5.56. The first-order valence-electron chi connectivity index (χ1n) is 9.02. The van der Waals surface area contributed by atoms with Crippen LogP contribution < -0.4 is 10.2 Å². The van der Waals surface area contributed by atoms with Crippen LogP contribution >= 0.6 is 0 Å². The molecule has 1 saturated heterocycles. The topological polar surface area (TPSA) is 21.1 Å². The number of benzene rings is 1. The highest BCUT2D eigenvalue weighted by Crippen LogP contribution is 2.21. The van der Waals surface area contributed by atoms with Crippen molar-refractivity contribution in [2.75, 3.05) is 13.1 Å². The largest absolute Gasteiger partial charge is 0.341 e. The second-order valence-electron chi connectivity index (χ2n) is 7.47. The minimum absolute atomic E-state index is 0.903. The molecule has 21 heavy (non-hydrogen) atoms. The van der Waals surface area contributed by atoms with Crippen molar-refractivity contribution in [3.63, 3.8) is 0 Å². The van der Waals surface area contributed by atoms with E-state index in [2.05, 4.69) is 42.6 Å². The fourth-order valence-electron chi connectivity index (χ4n) is 4.34. The molecule has 2 aliphatic rings. The number of rotatable bonds is 4. The van der Waals surface area contributed by atoms with Crippen molar-refractivity contribution < 1.29 is 10.2 Å². The van der Waals surface area contributed by atoms with Gasteiger partial charge >= 0.3 is 0 Å². The summed E-state index contributed by atoms with van der Waals surface area (Å²) in [6.45, 7) is 6.37. The second kappa shape index (κ2) is 7.42. The van der Waals surface area contributed by atoms with Crippen LogP contribution in [0.2, 0.25) is 0 Å². The number of piperidine rings is 1. The van der Waals surface area contributed by atoms with Crippen LogP contribution in [0.1, 0.15) is 51.0 Å². The predicted octanol–water partition coefficient (Wildman–Crippen LogP) is 1.38. The highest BCUT2D eigenvalue weighted by Gasteiger charge is 2.29. The smallest absolute Gasteiger partial charge is 0.103 e. The maximum atomic E-state index is 2.74. The normalized spacial score (nSPS) is 33.8. The summed E-state index contributed by atoms with van der Waals surface area (Å²) in [6.07, 6.45) is 8.66. The number of hydrogen-bond donors (Lipinski definition) is 2. The molecule has 0 spiro atoms. The maximum Gasteiger partial charge on any atom is 0.103 e. The fraction of sp³-hybridized carbons (Fsp3) is 0.684. The molecule has 1 saturated carbocycles. The first-order valence-corrected chi connectivity index (χ1v) is 9.02. The number of hydrogen-bond acceptors (Lipinski definition) is 0. The van der Waals surface area contributed by atoms with Gasteiger partial charge in [0.1, 0.15) is 6.54 Å². The van der Waals surface area contributed by atoms with Gasteiger partial charge in [-0.05, 0) is 18.8 Å². The molecule has 2 nitrogen and oxygen atoms in total. The lowest BCUT2D eigenvalue weighted by atomic mass is 9.86. The van der Waals surface area contributed by atoms with E-state index < -0.39 is 0 Å². The Morgan fingerprint density at radius 3 is 2.48 bits per heavy atom. The van der Waals surface area contributed by atoms with Gasteiger partial charge in [-0.2, -0.15) is 0 Å². The fourth-order valence-corrected chi connectivity index (χ4v) is 4.34. The average molecular weight is 288 g/mol. The number of nitrogens with one attached hydrogen (secondary N) is 1. The van der Waals surface area contributed by atoms with Crippen LogP contribution in [0.4, 0.5) is 0 Å². The van der Waals surface area contributed by atoms with E-state index in [-0.39, 0.29) is 0 Å². The van der Waals surface area contributed by atoms with E-state index in [1.807, 2.05) is 0 Å². The first kappa shape index (κ1) is 15.1. The lowest BCUT2D eigenvalue weighted by Crippen LogP contribution is -3.14. The molecule has 116 valence electrons. The zero-order chi connectivity index (χ0) is 14.5. The summed E-state index contributed by atoms with van der Waals surface area (Å²) in [7, 11) is 0. The Hall–Kier alpha value is -0.860. The van der Waals surface area contributed by atoms with Crippen molar-refractivity contribution >= 4 is 0 Å². The molecule has 0 amide bonds. The summed E-state index contributed by atoms with van der Waals surface area (Å²) in [5.74, 6) is 0.962. The van der Waals surface area contributed by atoms with E-state index in [9.17, 15) is 0 Å². The average Bonchev–Trinajstić information content (AvgIpc) is 2.50. The first-order chi connectivity index (χ1) is 10.3. The maximum absolute atomic E-state index is 2.74. The van der Waals surface area contributed by atoms with E-state index in [4.69, 9.17) is 0 Å². The van der Waals surface area contributed by atoms with E-state index in [0.717, 1.165) is 18.0 Å². The molecule has 1 aliphatic carbocycles. The van der Waals surface area contributed by atoms with Crippen molar-refractivity contribution in [2.24, 2.45) is 5.92 Å². The monoisotopic (exact) mass is 288 g/mol. The van der Waals surface area contributed by atoms with Crippen LogP contribution in [-0.4, -0.2) is 25.2 Å². The van der Waals surface area contributed by atoms with Gasteiger partial charge in [0.2, 0.25) is 0 Å². The van der Waals surface area contributed by atoms with Gasteiger partial charge in [-0.3, -0.25) is 0 Å². The Labute approximate surface area is 129 Å². The molecule has 0 unspecified atom stereocenters. The molecule has 2 fully saturated rings. The van der Waals surface area contributed by atoms with E-state index in [1.165, 1.54) is 63.7 Å². The molecular formula is C19H32N2+2. The van der Waals surface area contributed by atoms with Crippen molar-refractivity contribution in [2.45, 2.75) is 64.1 Å². The molecule has 1 aromatic carbocycles. The lowest BCUT2D eigenvalue weighted by molar-refractivity contribution is -0.927. The molecule has 1 aromatic rings. The molecule has 0 bridgehead atoms. The minimum atomic E-state index is 0.903. The summed E-state index contributed by atoms with van der Waals surface area (Å²) >= 11 is 0. The molecule has 3 rings (SSSR count). The molecule has 1 aliphatic heterocycles. The summed E-state index contributed by atoms with van der Waals surface area (Å²) in [5.41, 5.74) is 1.50. The van der Waals surface area contributed by atoms with Gasteiger partial charge in [0.25, 0.3) is 0 Å². The van der Waals surface area contributed by atoms with Crippen molar-refractivity contribution in [1.29, 1.82) is 0 Å². The number of nitrogens with two attached hydrogens (primary N) is 1. The zero-order valence-electron chi connectivity index (χ0n) is 13.6. The lowest BCUT2D eigenvalue weighted by Gasteiger charge is -2.32. The Morgan fingerprint density at radius 1 is 1.00 bits per heavy atom. The molecule has 0 aromatic heterocycles. The molecular weight excluding hydrogens is 256 g/mol. The quantitative estimate of drug-likeness (QED) is 0.835. The highest BCUT2D eigenvalue weighted by atomic mass is 15.1. The molecule has 2 heteroatoms. The van der Waals surface area contributed by atoms with Gasteiger partial charge in [0.15, 0.2) is 0 Å². The number of likely N-dealkylation sites (tertiary alicyclic amines) is 1. The van der Waals surface area contributed by atoms with Gasteiger partial charge in [-0.1, -0.05) is 43.7 Å². The molecule has 1 heterocycles. The van der Waals surface area contributed by atoms with Crippen LogP contribution in [0.5, 0.6) is 0 Å². The van der Waals surface area contributed by atoms with Gasteiger partial charge in [0, 0.05) is 24.8 Å². The number of quaternary nitrogens is 2. The minimum Gasteiger partial charge on any atom is -0.341 e. The predicted molar refractivity (Wildman–Crippen MR) is 87.2 cm³/mol. The zero-order valence-corrected chi connectivity index (χ0v) is 13.6. The highest BCUT2D eigenvalue weighted by molar-refractivity contribution is 5.13. The van der Waals surface area contributed by atoms with Crippen molar-refractivity contribution in [3.05, 3.63) is 35.9 Å². The van der Waals surface area contributed by atoms with Gasteiger partial charge in [0.05, 0.1) is 25.2 Å². The summed E-state index contributed by atoms with van der Waals surface area (Å²) in [6, 6.07) is 12.8. The summed E-state index contributed by atoms with van der Waals surface area (Å²) < 4.78 is 0. The van der Waals surface area contributed by atoms with Gasteiger partial charge in [-0.25, -0.2) is 0 Å².